The van der Waals surface area contributed by atoms with E-state index in [9.17, 15) is 4.79 Å². The van der Waals surface area contributed by atoms with Gasteiger partial charge in [0.2, 0.25) is 0 Å². The molecule has 1 amide bonds. The summed E-state index contributed by atoms with van der Waals surface area (Å²) in [5.41, 5.74) is 2.26. The van der Waals surface area contributed by atoms with Crippen LogP contribution in [-0.2, 0) is 12.0 Å². The zero-order chi connectivity index (χ0) is 24.4. The van der Waals surface area contributed by atoms with Gasteiger partial charge in [-0.2, -0.15) is 5.10 Å². The number of nitrogens with one attached hydrogen (secondary N) is 1. The summed E-state index contributed by atoms with van der Waals surface area (Å²) in [5.74, 6) is 2.95. The molecule has 5 nitrogen and oxygen atoms in total. The summed E-state index contributed by atoms with van der Waals surface area (Å²) in [6.45, 7) is 2.15. The third-order valence-electron chi connectivity index (χ3n) is 8.60. The van der Waals surface area contributed by atoms with Gasteiger partial charge in [-0.1, -0.05) is 18.5 Å². The molecular weight excluding hydrogens is 488 g/mol. The molecule has 0 radical (unpaired) electrons. The molecule has 1 aromatic carbocycles. The number of hydrogen-bond donors (Lipinski definition) is 1. The first kappa shape index (κ1) is 22.5. The molecule has 4 aliphatic rings. The average Bonchev–Trinajstić information content (AvgIpc) is 3.53. The first-order chi connectivity index (χ1) is 17.5. The zero-order valence-corrected chi connectivity index (χ0v) is 21.9. The van der Waals surface area contributed by atoms with Crippen molar-refractivity contribution in [1.82, 2.24) is 14.8 Å². The maximum Gasteiger partial charge on any atom is 0.257 e. The number of aryl methyl sites for hydroxylation is 1. The fourth-order valence-corrected chi connectivity index (χ4v) is 8.48. The molecule has 0 unspecified atom stereocenters. The fraction of sp³-hybridized carbons (Fsp3) is 0.414. The number of anilines is 1. The first-order valence-electron chi connectivity index (χ1n) is 13.0. The Morgan fingerprint density at radius 3 is 2.53 bits per heavy atom. The molecule has 4 aromatic rings. The normalized spacial score (nSPS) is 26.6. The molecule has 0 saturated heterocycles. The molecule has 4 saturated carbocycles. The lowest BCUT2D eigenvalue weighted by Gasteiger charge is -2.56. The number of halogens is 1. The van der Waals surface area contributed by atoms with Crippen LogP contribution in [0, 0.1) is 17.8 Å². The van der Waals surface area contributed by atoms with E-state index in [1.807, 2.05) is 30.3 Å². The van der Waals surface area contributed by atoms with E-state index in [-0.39, 0.29) is 11.4 Å². The van der Waals surface area contributed by atoms with Gasteiger partial charge in [-0.15, -0.1) is 11.3 Å². The van der Waals surface area contributed by atoms with Crippen LogP contribution < -0.4 is 5.32 Å². The van der Waals surface area contributed by atoms with Gasteiger partial charge >= 0.3 is 0 Å². The van der Waals surface area contributed by atoms with Crippen LogP contribution in [0.2, 0.25) is 5.02 Å². The predicted octanol–water partition coefficient (Wildman–Crippen LogP) is 7.55. The number of carbonyl (C=O) groups is 1. The van der Waals surface area contributed by atoms with Crippen molar-refractivity contribution >= 4 is 45.6 Å². The Bertz CT molecular complexity index is 1450. The van der Waals surface area contributed by atoms with Crippen molar-refractivity contribution in [2.24, 2.45) is 17.8 Å². The first-order valence-corrected chi connectivity index (χ1v) is 14.2. The second-order valence-electron chi connectivity index (χ2n) is 11.1. The monoisotopic (exact) mass is 516 g/mol. The molecular formula is C29H29ClN4OS. The molecule has 0 spiro atoms. The summed E-state index contributed by atoms with van der Waals surface area (Å²) in [4.78, 5) is 20.8. The number of hydrogen-bond acceptors (Lipinski definition) is 4. The molecule has 7 heteroatoms. The van der Waals surface area contributed by atoms with Crippen molar-refractivity contribution in [3.05, 3.63) is 64.1 Å². The topological polar surface area (TPSA) is 59.8 Å². The Morgan fingerprint density at radius 1 is 1.08 bits per heavy atom. The minimum atomic E-state index is -0.186. The Labute approximate surface area is 219 Å². The van der Waals surface area contributed by atoms with Crippen LogP contribution in [0.3, 0.4) is 0 Å². The molecule has 36 heavy (non-hydrogen) atoms. The van der Waals surface area contributed by atoms with Crippen LogP contribution in [0.5, 0.6) is 0 Å². The number of amides is 1. The number of nitrogens with zero attached hydrogens (tertiary/aromatic N) is 3. The fourth-order valence-electron chi connectivity index (χ4n) is 7.40. The van der Waals surface area contributed by atoms with Crippen molar-refractivity contribution in [2.45, 2.75) is 57.4 Å². The van der Waals surface area contributed by atoms with Gasteiger partial charge in [-0.3, -0.25) is 9.48 Å². The van der Waals surface area contributed by atoms with Crippen LogP contribution in [-0.4, -0.2) is 20.7 Å². The molecule has 4 aliphatic carbocycles. The maximum atomic E-state index is 13.6. The van der Waals surface area contributed by atoms with Gasteiger partial charge in [0.1, 0.15) is 0 Å². The molecule has 3 aromatic heterocycles. The van der Waals surface area contributed by atoms with Gasteiger partial charge < -0.3 is 5.32 Å². The van der Waals surface area contributed by atoms with E-state index in [2.05, 4.69) is 35.3 Å². The van der Waals surface area contributed by atoms with E-state index in [0.29, 0.717) is 16.4 Å². The summed E-state index contributed by atoms with van der Waals surface area (Å²) in [7, 11) is 0. The lowest BCUT2D eigenvalue weighted by molar-refractivity contribution is -0.0492. The van der Waals surface area contributed by atoms with E-state index in [4.69, 9.17) is 21.7 Å². The van der Waals surface area contributed by atoms with Crippen LogP contribution in [0.1, 0.15) is 60.7 Å². The molecule has 8 rings (SSSR count). The van der Waals surface area contributed by atoms with Gasteiger partial charge in [-0.05, 0) is 99.1 Å². The van der Waals surface area contributed by atoms with Gasteiger partial charge in [0, 0.05) is 27.5 Å². The Morgan fingerprint density at radius 2 is 1.83 bits per heavy atom. The third-order valence-corrected chi connectivity index (χ3v) is 10.1. The Hall–Kier alpha value is -2.70. The number of thiophene rings is 1. The average molecular weight is 517 g/mol. The Balaban J connectivity index is 1.21. The van der Waals surface area contributed by atoms with Gasteiger partial charge in [-0.25, -0.2) is 4.98 Å². The van der Waals surface area contributed by atoms with Gasteiger partial charge in [0.15, 0.2) is 5.82 Å². The number of benzene rings is 1. The highest BCUT2D eigenvalue weighted by Gasteiger charge is 2.52. The van der Waals surface area contributed by atoms with Gasteiger partial charge in [0.25, 0.3) is 5.91 Å². The van der Waals surface area contributed by atoms with Crippen LogP contribution in [0.4, 0.5) is 5.82 Å². The van der Waals surface area contributed by atoms with E-state index in [1.165, 1.54) is 43.4 Å². The van der Waals surface area contributed by atoms with Crippen molar-refractivity contribution in [3.63, 3.8) is 0 Å². The number of pyridine rings is 1. The number of aromatic nitrogens is 3. The maximum absolute atomic E-state index is 13.6. The molecule has 0 aliphatic heterocycles. The van der Waals surface area contributed by atoms with Crippen LogP contribution in [0.15, 0.2) is 48.7 Å². The van der Waals surface area contributed by atoms with Crippen molar-refractivity contribution < 1.29 is 4.79 Å². The summed E-state index contributed by atoms with van der Waals surface area (Å²) < 4.78 is 2.18. The van der Waals surface area contributed by atoms with Crippen LogP contribution in [0.25, 0.3) is 21.5 Å². The van der Waals surface area contributed by atoms with Gasteiger partial charge in [0.05, 0.1) is 27.2 Å². The molecule has 0 atom stereocenters. The largest absolute Gasteiger partial charge is 0.305 e. The minimum Gasteiger partial charge on any atom is -0.305 e. The molecule has 4 fully saturated rings. The predicted molar refractivity (Wildman–Crippen MR) is 146 cm³/mol. The number of rotatable bonds is 5. The van der Waals surface area contributed by atoms with Crippen LogP contribution >= 0.6 is 22.9 Å². The highest BCUT2D eigenvalue weighted by atomic mass is 35.5. The second kappa shape index (κ2) is 8.42. The molecule has 3 heterocycles. The summed E-state index contributed by atoms with van der Waals surface area (Å²) >= 11 is 8.03. The molecule has 1 N–H and O–H groups in total. The number of carbonyl (C=O) groups excluding carboxylic acids is 1. The highest BCUT2D eigenvalue weighted by molar-refractivity contribution is 7.15. The smallest absolute Gasteiger partial charge is 0.257 e. The Kier molecular flexibility index (Phi) is 5.26. The minimum absolute atomic E-state index is 0.137. The summed E-state index contributed by atoms with van der Waals surface area (Å²) in [6, 6.07) is 13.6. The SMILES string of the molecule is CCc1ccc(-c2cc(C(=O)Nc3ccn(C45CC6CC(CC(C6)C4)C5)n3)c3cc(Cl)ccc3n2)s1. The molecule has 4 bridgehead atoms. The van der Waals surface area contributed by atoms with Crippen molar-refractivity contribution in [3.8, 4) is 10.6 Å². The summed E-state index contributed by atoms with van der Waals surface area (Å²) in [6.07, 6.45) is 10.9. The van der Waals surface area contributed by atoms with E-state index in [0.717, 1.165) is 45.6 Å². The van der Waals surface area contributed by atoms with Crippen molar-refractivity contribution in [1.29, 1.82) is 0 Å². The third kappa shape index (κ3) is 3.77. The molecule has 184 valence electrons. The zero-order valence-electron chi connectivity index (χ0n) is 20.3. The second-order valence-corrected chi connectivity index (χ2v) is 12.7. The van der Waals surface area contributed by atoms with E-state index in [1.54, 1.807) is 11.3 Å². The summed E-state index contributed by atoms with van der Waals surface area (Å²) in [5, 5.41) is 9.31. The lowest BCUT2D eigenvalue weighted by atomic mass is 9.53. The lowest BCUT2D eigenvalue weighted by Crippen LogP contribution is -2.52. The standard InChI is InChI=1S/C29H29ClN4OS/c1-2-21-4-6-26(36-21)25-13-23(22-12-20(30)3-5-24(22)31-25)28(35)32-27-7-8-34(33-27)29-14-17-9-18(15-29)11-19(10-17)16-29/h3-8,12-13,17-19H,2,9-11,14-16H2,1H3,(H,32,33,35). The number of fused-ring (bicyclic) bond motifs is 1. The quantitative estimate of drug-likeness (QED) is 0.298. The highest BCUT2D eigenvalue weighted by Crippen LogP contribution is 2.58. The van der Waals surface area contributed by atoms with E-state index < -0.39 is 0 Å². The van der Waals surface area contributed by atoms with E-state index >= 15 is 0 Å². The van der Waals surface area contributed by atoms with Crippen molar-refractivity contribution in [2.75, 3.05) is 5.32 Å².